The number of ether oxygens (including phenoxy) is 2. The molecular formula is C16H20N2O4. The third-order valence-electron chi connectivity index (χ3n) is 4.02. The molecule has 0 radical (unpaired) electrons. The Bertz CT molecular complexity index is 578. The van der Waals surface area contributed by atoms with Gasteiger partial charge in [0.25, 0.3) is 0 Å². The van der Waals surface area contributed by atoms with Gasteiger partial charge in [-0.05, 0) is 24.1 Å². The van der Waals surface area contributed by atoms with Crippen LogP contribution < -0.4 is 14.8 Å². The minimum atomic E-state index is -0.125. The Balaban J connectivity index is 1.62. The van der Waals surface area contributed by atoms with Crippen LogP contribution in [-0.4, -0.2) is 43.5 Å². The van der Waals surface area contributed by atoms with Crippen LogP contribution in [0.2, 0.25) is 0 Å². The summed E-state index contributed by atoms with van der Waals surface area (Å²) >= 11 is 0. The minimum Gasteiger partial charge on any atom is -0.486 e. The number of nitrogens with one attached hydrogen (secondary N) is 1. The molecule has 0 bridgehead atoms. The first-order chi connectivity index (χ1) is 10.6. The quantitative estimate of drug-likeness (QED) is 0.902. The number of fused-ring (bicyclic) bond motifs is 1. The predicted octanol–water partition coefficient (Wildman–Crippen LogP) is 0.942. The molecular weight excluding hydrogens is 284 g/mol. The van der Waals surface area contributed by atoms with E-state index in [1.807, 2.05) is 18.2 Å². The van der Waals surface area contributed by atoms with Gasteiger partial charge in [0.2, 0.25) is 11.8 Å². The second kappa shape index (κ2) is 6.25. The SMILES string of the molecule is CN(Cc1ccc2c(c1)OCCO2)C(=O)[C@H]1CCC(=O)NC1. The Hall–Kier alpha value is -2.24. The van der Waals surface area contributed by atoms with E-state index in [-0.39, 0.29) is 17.7 Å². The third-order valence-corrected chi connectivity index (χ3v) is 4.02. The predicted molar refractivity (Wildman–Crippen MR) is 79.6 cm³/mol. The fourth-order valence-corrected chi connectivity index (χ4v) is 2.79. The van der Waals surface area contributed by atoms with Crippen LogP contribution in [-0.2, 0) is 16.1 Å². The van der Waals surface area contributed by atoms with Crippen LogP contribution in [0.3, 0.4) is 0 Å². The van der Waals surface area contributed by atoms with Crippen molar-refractivity contribution < 1.29 is 19.1 Å². The van der Waals surface area contributed by atoms with Crippen LogP contribution >= 0.6 is 0 Å². The van der Waals surface area contributed by atoms with Crippen molar-refractivity contribution in [1.29, 1.82) is 0 Å². The summed E-state index contributed by atoms with van der Waals surface area (Å²) in [6, 6.07) is 5.74. The Morgan fingerprint density at radius 2 is 2.09 bits per heavy atom. The maximum Gasteiger partial charge on any atom is 0.227 e. The molecule has 0 saturated carbocycles. The highest BCUT2D eigenvalue weighted by Crippen LogP contribution is 2.31. The second-order valence-electron chi connectivity index (χ2n) is 5.71. The first-order valence-electron chi connectivity index (χ1n) is 7.53. The van der Waals surface area contributed by atoms with Crippen molar-refractivity contribution in [3.8, 4) is 11.5 Å². The van der Waals surface area contributed by atoms with E-state index < -0.39 is 0 Å². The van der Waals surface area contributed by atoms with Crippen LogP contribution in [0.15, 0.2) is 18.2 Å². The molecule has 118 valence electrons. The minimum absolute atomic E-state index is 0.0264. The standard InChI is InChI=1S/C16H20N2O4/c1-18(16(20)12-3-5-15(19)17-9-12)10-11-2-4-13-14(8-11)22-7-6-21-13/h2,4,8,12H,3,5-7,9-10H2,1H3,(H,17,19)/t12-/m0/s1. The van der Waals surface area contributed by atoms with Crippen LogP contribution in [0.4, 0.5) is 0 Å². The van der Waals surface area contributed by atoms with E-state index in [2.05, 4.69) is 5.32 Å². The average Bonchev–Trinajstić information content (AvgIpc) is 2.55. The highest BCUT2D eigenvalue weighted by atomic mass is 16.6. The molecule has 0 aliphatic carbocycles. The lowest BCUT2D eigenvalue weighted by atomic mass is 9.97. The maximum atomic E-state index is 12.4. The molecule has 2 amide bonds. The lowest BCUT2D eigenvalue weighted by Crippen LogP contribution is -2.43. The van der Waals surface area contributed by atoms with E-state index in [0.717, 1.165) is 17.1 Å². The summed E-state index contributed by atoms with van der Waals surface area (Å²) < 4.78 is 11.0. The molecule has 1 fully saturated rings. The van der Waals surface area contributed by atoms with Crippen LogP contribution in [0.5, 0.6) is 11.5 Å². The van der Waals surface area contributed by atoms with Gasteiger partial charge in [-0.25, -0.2) is 0 Å². The molecule has 2 heterocycles. The normalized spacial score (nSPS) is 20.2. The van der Waals surface area contributed by atoms with E-state index in [0.29, 0.717) is 39.1 Å². The lowest BCUT2D eigenvalue weighted by Gasteiger charge is -2.27. The van der Waals surface area contributed by atoms with E-state index in [1.54, 1.807) is 11.9 Å². The van der Waals surface area contributed by atoms with Gasteiger partial charge in [0.05, 0.1) is 5.92 Å². The van der Waals surface area contributed by atoms with E-state index >= 15 is 0 Å². The Morgan fingerprint density at radius 3 is 2.82 bits per heavy atom. The van der Waals surface area contributed by atoms with Crippen molar-refractivity contribution in [2.45, 2.75) is 19.4 Å². The van der Waals surface area contributed by atoms with Crippen molar-refractivity contribution in [2.75, 3.05) is 26.8 Å². The Labute approximate surface area is 129 Å². The summed E-state index contributed by atoms with van der Waals surface area (Å²) in [5.74, 6) is 1.45. The number of nitrogens with zero attached hydrogens (tertiary/aromatic N) is 1. The van der Waals surface area contributed by atoms with E-state index in [1.165, 1.54) is 0 Å². The summed E-state index contributed by atoms with van der Waals surface area (Å²) in [6.07, 6.45) is 1.05. The summed E-state index contributed by atoms with van der Waals surface area (Å²) in [5, 5.41) is 2.75. The second-order valence-corrected chi connectivity index (χ2v) is 5.71. The van der Waals surface area contributed by atoms with Gasteiger partial charge >= 0.3 is 0 Å². The third kappa shape index (κ3) is 3.16. The number of benzene rings is 1. The van der Waals surface area contributed by atoms with Crippen molar-refractivity contribution in [3.63, 3.8) is 0 Å². The molecule has 0 spiro atoms. The number of carbonyl (C=O) groups excluding carboxylic acids is 2. The van der Waals surface area contributed by atoms with Gasteiger partial charge in [0.1, 0.15) is 13.2 Å². The molecule has 6 heteroatoms. The summed E-state index contributed by atoms with van der Waals surface area (Å²) in [4.78, 5) is 25.3. The van der Waals surface area contributed by atoms with Crippen molar-refractivity contribution in [1.82, 2.24) is 10.2 Å². The van der Waals surface area contributed by atoms with E-state index in [4.69, 9.17) is 9.47 Å². The van der Waals surface area contributed by atoms with Crippen LogP contribution in [0.1, 0.15) is 18.4 Å². The van der Waals surface area contributed by atoms with Gasteiger partial charge in [0, 0.05) is 26.6 Å². The number of hydrogen-bond donors (Lipinski definition) is 1. The molecule has 2 aliphatic heterocycles. The number of piperidine rings is 1. The lowest BCUT2D eigenvalue weighted by molar-refractivity contribution is -0.136. The summed E-state index contributed by atoms with van der Waals surface area (Å²) in [6.45, 7) is 2.06. The Morgan fingerprint density at radius 1 is 1.32 bits per heavy atom. The number of amides is 2. The van der Waals surface area contributed by atoms with Gasteiger partial charge in [-0.15, -0.1) is 0 Å². The van der Waals surface area contributed by atoms with E-state index in [9.17, 15) is 9.59 Å². The van der Waals surface area contributed by atoms with Gasteiger partial charge in [-0.1, -0.05) is 6.07 Å². The number of carbonyl (C=O) groups is 2. The molecule has 0 aromatic heterocycles. The number of rotatable bonds is 3. The maximum absolute atomic E-state index is 12.4. The monoisotopic (exact) mass is 304 g/mol. The largest absolute Gasteiger partial charge is 0.486 e. The zero-order valence-electron chi connectivity index (χ0n) is 12.6. The zero-order chi connectivity index (χ0) is 15.5. The molecule has 1 aromatic carbocycles. The van der Waals surface area contributed by atoms with Gasteiger partial charge in [-0.3, -0.25) is 9.59 Å². The highest BCUT2D eigenvalue weighted by Gasteiger charge is 2.27. The molecule has 22 heavy (non-hydrogen) atoms. The first kappa shape index (κ1) is 14.7. The Kier molecular flexibility index (Phi) is 4.18. The highest BCUT2D eigenvalue weighted by molar-refractivity contribution is 5.83. The molecule has 1 saturated heterocycles. The van der Waals surface area contributed by atoms with Crippen LogP contribution in [0, 0.1) is 5.92 Å². The fraction of sp³-hybridized carbons (Fsp3) is 0.500. The fourth-order valence-electron chi connectivity index (χ4n) is 2.79. The van der Waals surface area contributed by atoms with Gasteiger partial charge < -0.3 is 19.7 Å². The molecule has 0 unspecified atom stereocenters. The van der Waals surface area contributed by atoms with Gasteiger partial charge in [-0.2, -0.15) is 0 Å². The zero-order valence-corrected chi connectivity index (χ0v) is 12.6. The molecule has 2 aliphatic rings. The topological polar surface area (TPSA) is 67.9 Å². The smallest absolute Gasteiger partial charge is 0.227 e. The summed E-state index contributed by atoms with van der Waals surface area (Å²) in [7, 11) is 1.79. The molecule has 1 N–H and O–H groups in total. The average molecular weight is 304 g/mol. The molecule has 3 rings (SSSR count). The van der Waals surface area contributed by atoms with Crippen molar-refractivity contribution in [3.05, 3.63) is 23.8 Å². The summed E-state index contributed by atoms with van der Waals surface area (Å²) in [5.41, 5.74) is 1.000. The van der Waals surface area contributed by atoms with Crippen LogP contribution in [0.25, 0.3) is 0 Å². The molecule has 6 nitrogen and oxygen atoms in total. The van der Waals surface area contributed by atoms with Gasteiger partial charge in [0.15, 0.2) is 11.5 Å². The van der Waals surface area contributed by atoms with Crippen molar-refractivity contribution in [2.24, 2.45) is 5.92 Å². The first-order valence-corrected chi connectivity index (χ1v) is 7.53. The molecule has 1 atom stereocenters. The molecule has 1 aromatic rings. The number of hydrogen-bond acceptors (Lipinski definition) is 4. The van der Waals surface area contributed by atoms with Crippen molar-refractivity contribution >= 4 is 11.8 Å².